The Morgan fingerprint density at radius 1 is 1.21 bits per heavy atom. The van der Waals surface area contributed by atoms with Crippen LogP contribution in [0.3, 0.4) is 0 Å². The Morgan fingerprint density at radius 3 is 2.59 bits per heavy atom. The lowest BCUT2D eigenvalue weighted by molar-refractivity contribution is -0.115. The second kappa shape index (κ2) is 11.5. The van der Waals surface area contributed by atoms with E-state index in [0.29, 0.717) is 23.5 Å². The molecule has 2 rings (SSSR count). The van der Waals surface area contributed by atoms with E-state index in [9.17, 15) is 9.59 Å². The second-order valence-electron chi connectivity index (χ2n) is 6.51. The van der Waals surface area contributed by atoms with Crippen LogP contribution < -0.4 is 15.4 Å². The van der Waals surface area contributed by atoms with E-state index < -0.39 is 0 Å². The lowest BCUT2D eigenvalue weighted by Crippen LogP contribution is -2.34. The maximum Gasteiger partial charge on any atom is 0.255 e. The molecule has 2 amide bonds. The molecule has 7 nitrogen and oxygen atoms in total. The van der Waals surface area contributed by atoms with Crippen LogP contribution in [0.4, 0.5) is 5.69 Å². The van der Waals surface area contributed by atoms with Crippen LogP contribution >= 0.6 is 11.3 Å². The Labute approximate surface area is 176 Å². The molecule has 0 aliphatic heterocycles. The quantitative estimate of drug-likeness (QED) is 0.586. The smallest absolute Gasteiger partial charge is 0.255 e. The first kappa shape index (κ1) is 22.8. The van der Waals surface area contributed by atoms with Crippen LogP contribution in [-0.4, -0.2) is 55.0 Å². The first-order valence-corrected chi connectivity index (χ1v) is 10.8. The summed E-state index contributed by atoms with van der Waals surface area (Å²) in [6.07, 6.45) is 1.08. The molecule has 0 aliphatic rings. The predicted octanol–water partition coefficient (Wildman–Crippen LogP) is 2.97. The van der Waals surface area contributed by atoms with Crippen molar-refractivity contribution in [3.05, 3.63) is 39.8 Å². The van der Waals surface area contributed by atoms with Gasteiger partial charge in [-0.2, -0.15) is 0 Å². The highest BCUT2D eigenvalue weighted by Crippen LogP contribution is 2.23. The minimum Gasteiger partial charge on any atom is -0.496 e. The number of aromatic nitrogens is 1. The van der Waals surface area contributed by atoms with Crippen molar-refractivity contribution in [2.24, 2.45) is 0 Å². The van der Waals surface area contributed by atoms with Gasteiger partial charge in [-0.05, 0) is 31.6 Å². The van der Waals surface area contributed by atoms with Gasteiger partial charge in [-0.25, -0.2) is 4.98 Å². The van der Waals surface area contributed by atoms with Gasteiger partial charge >= 0.3 is 0 Å². The van der Waals surface area contributed by atoms with E-state index in [1.807, 2.05) is 12.3 Å². The number of carbonyl (C=O) groups excluding carboxylic acids is 2. The fourth-order valence-corrected chi connectivity index (χ4v) is 3.63. The molecule has 0 fully saturated rings. The number of rotatable bonds is 11. The normalized spacial score (nSPS) is 10.8. The monoisotopic (exact) mass is 418 g/mol. The van der Waals surface area contributed by atoms with Gasteiger partial charge in [0.2, 0.25) is 5.91 Å². The van der Waals surface area contributed by atoms with Crippen LogP contribution in [0.15, 0.2) is 23.6 Å². The van der Waals surface area contributed by atoms with Gasteiger partial charge in [0.25, 0.3) is 5.91 Å². The van der Waals surface area contributed by atoms with Crippen LogP contribution in [-0.2, 0) is 17.6 Å². The largest absolute Gasteiger partial charge is 0.496 e. The van der Waals surface area contributed by atoms with Crippen molar-refractivity contribution >= 4 is 28.8 Å². The van der Waals surface area contributed by atoms with E-state index in [-0.39, 0.29) is 18.2 Å². The van der Waals surface area contributed by atoms with Gasteiger partial charge < -0.3 is 20.3 Å². The molecule has 0 radical (unpaired) electrons. The van der Waals surface area contributed by atoms with E-state index in [2.05, 4.69) is 34.4 Å². The van der Waals surface area contributed by atoms with Crippen LogP contribution in [0.25, 0.3) is 0 Å². The maximum absolute atomic E-state index is 12.5. The molecule has 1 aromatic heterocycles. The molecule has 0 atom stereocenters. The van der Waals surface area contributed by atoms with Gasteiger partial charge in [-0.1, -0.05) is 20.8 Å². The maximum atomic E-state index is 12.5. The van der Waals surface area contributed by atoms with Gasteiger partial charge in [-0.3, -0.25) is 9.59 Å². The highest BCUT2D eigenvalue weighted by atomic mass is 32.1. The number of nitrogens with zero attached hydrogens (tertiary/aromatic N) is 2. The van der Waals surface area contributed by atoms with Crippen molar-refractivity contribution in [3.63, 3.8) is 0 Å². The zero-order chi connectivity index (χ0) is 21.2. The Kier molecular flexibility index (Phi) is 9.08. The summed E-state index contributed by atoms with van der Waals surface area (Å²) in [5, 5.41) is 8.68. The summed E-state index contributed by atoms with van der Waals surface area (Å²) in [6, 6.07) is 5.03. The van der Waals surface area contributed by atoms with Crippen LogP contribution in [0.2, 0.25) is 0 Å². The average Bonchev–Trinajstić information content (AvgIpc) is 3.18. The molecule has 158 valence electrons. The number of ether oxygens (including phenoxy) is 1. The number of benzene rings is 1. The van der Waals surface area contributed by atoms with E-state index in [0.717, 1.165) is 36.8 Å². The lowest BCUT2D eigenvalue weighted by Gasteiger charge is -2.18. The highest BCUT2D eigenvalue weighted by molar-refractivity contribution is 7.09. The number of likely N-dealkylation sites (N-methyl/N-ethyl adjacent to an activating group) is 1. The average molecular weight is 419 g/mol. The number of hydrogen-bond donors (Lipinski definition) is 2. The number of methoxy groups -OCH3 is 1. The number of hydrogen-bond acceptors (Lipinski definition) is 6. The standard InChI is InChI=1S/C21H30N4O3S/c1-5-20-24-16(14-29-20)13-19(26)23-15-8-9-17(18(12-15)28-4)21(27)22-10-11-25(6-2)7-3/h8-9,12,14H,5-7,10-11,13H2,1-4H3,(H,22,27)(H,23,26). The van der Waals surface area contributed by atoms with Crippen LogP contribution in [0.5, 0.6) is 5.75 Å². The van der Waals surface area contributed by atoms with Gasteiger partial charge in [0.15, 0.2) is 0 Å². The first-order valence-electron chi connectivity index (χ1n) is 9.92. The minimum atomic E-state index is -0.193. The molecular formula is C21H30N4O3S. The van der Waals surface area contributed by atoms with Crippen molar-refractivity contribution in [1.82, 2.24) is 15.2 Å². The number of thiazole rings is 1. The lowest BCUT2D eigenvalue weighted by atomic mass is 10.1. The molecular weight excluding hydrogens is 388 g/mol. The minimum absolute atomic E-state index is 0.156. The summed E-state index contributed by atoms with van der Waals surface area (Å²) in [4.78, 5) is 31.4. The molecule has 0 unspecified atom stereocenters. The van der Waals surface area contributed by atoms with Crippen molar-refractivity contribution in [2.45, 2.75) is 33.6 Å². The number of nitrogens with one attached hydrogen (secondary N) is 2. The zero-order valence-electron chi connectivity index (χ0n) is 17.6. The Balaban J connectivity index is 1.96. The summed E-state index contributed by atoms with van der Waals surface area (Å²) >= 11 is 1.56. The SMILES string of the molecule is CCc1nc(CC(=O)Nc2ccc(C(=O)NCCN(CC)CC)c(OC)c2)cs1. The summed E-state index contributed by atoms with van der Waals surface area (Å²) < 4.78 is 5.36. The molecule has 1 heterocycles. The third-order valence-corrected chi connectivity index (χ3v) is 5.62. The van der Waals surface area contributed by atoms with Gasteiger partial charge in [0, 0.05) is 30.2 Å². The molecule has 0 spiro atoms. The van der Waals surface area contributed by atoms with Crippen molar-refractivity contribution in [3.8, 4) is 5.75 Å². The Hall–Kier alpha value is -2.45. The van der Waals surface area contributed by atoms with E-state index in [1.54, 1.807) is 29.5 Å². The summed E-state index contributed by atoms with van der Waals surface area (Å²) in [7, 11) is 1.51. The van der Waals surface area contributed by atoms with Crippen molar-refractivity contribution in [1.29, 1.82) is 0 Å². The molecule has 29 heavy (non-hydrogen) atoms. The predicted molar refractivity (Wildman–Crippen MR) is 117 cm³/mol. The van der Waals surface area contributed by atoms with Crippen LogP contribution in [0.1, 0.15) is 41.8 Å². The van der Waals surface area contributed by atoms with Crippen molar-refractivity contribution < 1.29 is 14.3 Å². The summed E-state index contributed by atoms with van der Waals surface area (Å²) in [5.74, 6) is 0.0722. The molecule has 0 bridgehead atoms. The van der Waals surface area contributed by atoms with Gasteiger partial charge in [-0.15, -0.1) is 11.3 Å². The van der Waals surface area contributed by atoms with E-state index in [1.165, 1.54) is 7.11 Å². The van der Waals surface area contributed by atoms with Crippen LogP contribution in [0, 0.1) is 0 Å². The highest BCUT2D eigenvalue weighted by Gasteiger charge is 2.14. The fraction of sp³-hybridized carbons (Fsp3) is 0.476. The molecule has 2 N–H and O–H groups in total. The third-order valence-electron chi connectivity index (χ3n) is 4.58. The summed E-state index contributed by atoms with van der Waals surface area (Å²) in [6.45, 7) is 9.49. The molecule has 0 saturated carbocycles. The second-order valence-corrected chi connectivity index (χ2v) is 7.45. The molecule has 2 aromatic rings. The number of carbonyl (C=O) groups is 2. The van der Waals surface area contributed by atoms with E-state index in [4.69, 9.17) is 4.74 Å². The number of amides is 2. The van der Waals surface area contributed by atoms with Gasteiger partial charge in [0.1, 0.15) is 5.75 Å². The third kappa shape index (κ3) is 6.83. The molecule has 0 aliphatic carbocycles. The Morgan fingerprint density at radius 2 is 1.97 bits per heavy atom. The molecule has 8 heteroatoms. The van der Waals surface area contributed by atoms with E-state index >= 15 is 0 Å². The Bertz CT molecular complexity index is 818. The number of anilines is 1. The topological polar surface area (TPSA) is 83.6 Å². The van der Waals surface area contributed by atoms with Crippen molar-refractivity contribution in [2.75, 3.05) is 38.6 Å². The van der Waals surface area contributed by atoms with Gasteiger partial charge in [0.05, 0.1) is 29.8 Å². The molecule has 0 saturated heterocycles. The first-order chi connectivity index (χ1) is 14.0. The summed E-state index contributed by atoms with van der Waals surface area (Å²) in [5.41, 5.74) is 1.79. The molecule has 1 aromatic carbocycles. The fourth-order valence-electron chi connectivity index (χ4n) is 2.88. The number of aryl methyl sites for hydroxylation is 1. The zero-order valence-corrected chi connectivity index (χ0v) is 18.4.